The Hall–Kier alpha value is -11.0. The molecule has 11 aromatic carbocycles. The lowest BCUT2D eigenvalue weighted by atomic mass is 10.1. The standard InChI is InChI=1S/C72H42N8/c1-2-28-58-57(27-1)68-67-69(58)74-71(44-39-47(79-63-33-15-7-23-53(63)54-24-8-16-34-64(54)79)42-48(40-44)80-65-35-17-9-25-55(65)56-26-10-18-36-66(56)80)76-72(67)75-70(73-68)43-37-45(77-59-29-11-3-19-49(59)50-20-4-12-30-60(50)77)41-46(38-43)78-61-31-13-5-21-51(61)52-22-6-14-32-62(52)78/h1-42H. The highest BCUT2D eigenvalue weighted by molar-refractivity contribution is 6.14. The highest BCUT2D eigenvalue weighted by atomic mass is 15.1. The zero-order chi connectivity index (χ0) is 52.2. The van der Waals surface area contributed by atoms with Gasteiger partial charge in [-0.1, -0.05) is 170 Å². The van der Waals surface area contributed by atoms with E-state index in [1.165, 1.54) is 43.1 Å². The van der Waals surface area contributed by atoms with Crippen LogP contribution in [-0.4, -0.2) is 38.2 Å². The molecule has 17 aromatic rings. The molecule has 0 radical (unpaired) electrons. The van der Waals surface area contributed by atoms with Gasteiger partial charge in [0.05, 0.1) is 60.9 Å². The Kier molecular flexibility index (Phi) is 8.79. The van der Waals surface area contributed by atoms with Crippen molar-refractivity contribution in [1.82, 2.24) is 38.2 Å². The van der Waals surface area contributed by atoms with Gasteiger partial charge in [0.1, 0.15) is 0 Å². The highest BCUT2D eigenvalue weighted by Crippen LogP contribution is 2.47. The van der Waals surface area contributed by atoms with E-state index in [4.69, 9.17) is 19.9 Å². The second-order valence-corrected chi connectivity index (χ2v) is 21.0. The average molecular weight is 1020 g/mol. The van der Waals surface area contributed by atoms with E-state index in [2.05, 4.69) is 273 Å². The van der Waals surface area contributed by atoms with Crippen molar-refractivity contribution in [3.63, 3.8) is 0 Å². The zero-order valence-corrected chi connectivity index (χ0v) is 42.8. The van der Waals surface area contributed by atoms with Gasteiger partial charge in [-0.3, -0.25) is 0 Å². The molecule has 0 atom stereocenters. The third kappa shape index (κ3) is 6.04. The molecule has 0 saturated carbocycles. The Balaban J connectivity index is 0.919. The number of para-hydroxylation sites is 8. The summed E-state index contributed by atoms with van der Waals surface area (Å²) in [6.45, 7) is 0. The first-order valence-electron chi connectivity index (χ1n) is 27.1. The SMILES string of the molecule is c1ccc2c(c1)-c1nc(-c3cc(-n4c5ccccc5c5ccccc54)cc(-n4c5ccccc5c5ccccc54)c3)nc3nc(-c4cc(-n5c6ccccc6c6ccccc65)cc(-n5c6ccccc6c6ccccc65)c4)nc-2c13. The summed E-state index contributed by atoms with van der Waals surface area (Å²) in [4.78, 5) is 22.3. The summed E-state index contributed by atoms with van der Waals surface area (Å²) in [5.74, 6) is 1.16. The normalized spacial score (nSPS) is 12.2. The molecule has 0 spiro atoms. The molecule has 370 valence electrons. The topological polar surface area (TPSA) is 71.3 Å². The molecule has 18 rings (SSSR count). The van der Waals surface area contributed by atoms with Crippen LogP contribution in [-0.2, 0) is 0 Å². The Morgan fingerprint density at radius 2 is 0.450 bits per heavy atom. The Morgan fingerprint density at radius 1 is 0.225 bits per heavy atom. The van der Waals surface area contributed by atoms with Crippen LogP contribution < -0.4 is 0 Å². The first-order valence-corrected chi connectivity index (χ1v) is 27.1. The Morgan fingerprint density at radius 3 is 0.700 bits per heavy atom. The largest absolute Gasteiger partial charge is 0.309 e. The van der Waals surface area contributed by atoms with E-state index in [0.29, 0.717) is 17.3 Å². The van der Waals surface area contributed by atoms with Gasteiger partial charge < -0.3 is 18.3 Å². The minimum atomic E-state index is 0.578. The number of hydrogen-bond donors (Lipinski definition) is 0. The van der Waals surface area contributed by atoms with Crippen LogP contribution in [0.2, 0.25) is 0 Å². The van der Waals surface area contributed by atoms with E-state index in [0.717, 1.165) is 106 Å². The van der Waals surface area contributed by atoms with Gasteiger partial charge >= 0.3 is 0 Å². The number of hydrogen-bond acceptors (Lipinski definition) is 4. The van der Waals surface area contributed by atoms with Crippen molar-refractivity contribution in [1.29, 1.82) is 0 Å². The van der Waals surface area contributed by atoms with Crippen LogP contribution in [0.5, 0.6) is 0 Å². The smallest absolute Gasteiger partial charge is 0.168 e. The lowest BCUT2D eigenvalue weighted by molar-refractivity contribution is 1.11. The van der Waals surface area contributed by atoms with Crippen molar-refractivity contribution in [3.8, 4) is 68.0 Å². The van der Waals surface area contributed by atoms with Crippen molar-refractivity contribution >= 4 is 98.3 Å². The number of benzene rings is 11. The minimum absolute atomic E-state index is 0.578. The minimum Gasteiger partial charge on any atom is -0.309 e. The van der Waals surface area contributed by atoms with E-state index < -0.39 is 0 Å². The van der Waals surface area contributed by atoms with Crippen molar-refractivity contribution in [2.45, 2.75) is 0 Å². The zero-order valence-electron chi connectivity index (χ0n) is 42.8. The molecule has 0 amide bonds. The lowest BCUT2D eigenvalue weighted by Crippen LogP contribution is -2.03. The van der Waals surface area contributed by atoms with E-state index in [1.54, 1.807) is 0 Å². The van der Waals surface area contributed by atoms with E-state index in [-0.39, 0.29) is 0 Å². The van der Waals surface area contributed by atoms with Gasteiger partial charge in [0.2, 0.25) is 0 Å². The predicted molar refractivity (Wildman–Crippen MR) is 328 cm³/mol. The monoisotopic (exact) mass is 1020 g/mol. The maximum absolute atomic E-state index is 5.59. The maximum atomic E-state index is 5.59. The van der Waals surface area contributed by atoms with Crippen LogP contribution in [0.4, 0.5) is 0 Å². The average Bonchev–Trinajstić information content (AvgIpc) is 4.50. The first kappa shape index (κ1) is 43.2. The van der Waals surface area contributed by atoms with Gasteiger partial charge in [-0.2, -0.15) is 0 Å². The Bertz CT molecular complexity index is 4700. The second kappa shape index (κ2) is 16.3. The molecule has 80 heavy (non-hydrogen) atoms. The van der Waals surface area contributed by atoms with Crippen LogP contribution in [0, 0.1) is 0 Å². The molecule has 0 fully saturated rings. The highest BCUT2D eigenvalue weighted by Gasteiger charge is 2.29. The quantitative estimate of drug-likeness (QED) is 0.166. The number of nitrogens with zero attached hydrogens (tertiary/aromatic N) is 8. The molecule has 0 saturated heterocycles. The van der Waals surface area contributed by atoms with Gasteiger partial charge in [0, 0.05) is 88.1 Å². The number of aromatic nitrogens is 8. The van der Waals surface area contributed by atoms with Gasteiger partial charge in [-0.15, -0.1) is 0 Å². The van der Waals surface area contributed by atoms with Crippen molar-refractivity contribution in [3.05, 3.63) is 255 Å². The summed E-state index contributed by atoms with van der Waals surface area (Å²) in [6.07, 6.45) is 0. The van der Waals surface area contributed by atoms with Crippen LogP contribution in [0.25, 0.3) is 166 Å². The molecule has 0 aliphatic heterocycles. The van der Waals surface area contributed by atoms with Crippen LogP contribution in [0.15, 0.2) is 255 Å². The third-order valence-electron chi connectivity index (χ3n) is 16.7. The summed E-state index contributed by atoms with van der Waals surface area (Å²) in [7, 11) is 0. The van der Waals surface area contributed by atoms with Crippen LogP contribution in [0.1, 0.15) is 0 Å². The predicted octanol–water partition coefficient (Wildman–Crippen LogP) is 17.8. The van der Waals surface area contributed by atoms with Gasteiger partial charge in [0.15, 0.2) is 17.3 Å². The first-order chi connectivity index (χ1) is 39.7. The fraction of sp³-hybridized carbons (Fsp3) is 0. The summed E-state index contributed by atoms with van der Waals surface area (Å²) in [5.41, 5.74) is 19.0. The molecule has 8 nitrogen and oxygen atoms in total. The van der Waals surface area contributed by atoms with Crippen molar-refractivity contribution in [2.75, 3.05) is 0 Å². The number of fused-ring (bicyclic) bond motifs is 15. The van der Waals surface area contributed by atoms with E-state index in [1.807, 2.05) is 0 Å². The molecule has 1 aliphatic carbocycles. The summed E-state index contributed by atoms with van der Waals surface area (Å²) >= 11 is 0. The molecule has 6 heterocycles. The molecule has 0 bridgehead atoms. The molecular weight excluding hydrogens is 977 g/mol. The van der Waals surface area contributed by atoms with E-state index in [9.17, 15) is 0 Å². The second-order valence-electron chi connectivity index (χ2n) is 21.0. The van der Waals surface area contributed by atoms with Gasteiger partial charge in [-0.05, 0) is 84.9 Å². The van der Waals surface area contributed by atoms with Gasteiger partial charge in [0.25, 0.3) is 0 Å². The van der Waals surface area contributed by atoms with Crippen LogP contribution >= 0.6 is 0 Å². The fourth-order valence-electron chi connectivity index (χ4n) is 13.3. The van der Waals surface area contributed by atoms with E-state index >= 15 is 0 Å². The Labute approximate surface area is 457 Å². The summed E-state index contributed by atoms with van der Waals surface area (Å²) in [5, 5.41) is 10.4. The lowest BCUT2D eigenvalue weighted by Gasteiger charge is -2.16. The molecule has 8 heteroatoms. The molecule has 6 aromatic heterocycles. The fourth-order valence-corrected chi connectivity index (χ4v) is 13.3. The van der Waals surface area contributed by atoms with Crippen LogP contribution in [0.3, 0.4) is 0 Å². The summed E-state index contributed by atoms with van der Waals surface area (Å²) < 4.78 is 9.55. The molecule has 0 N–H and O–H groups in total. The molecular formula is C72H42N8. The van der Waals surface area contributed by atoms with Crippen molar-refractivity contribution in [2.24, 2.45) is 0 Å². The van der Waals surface area contributed by atoms with Crippen molar-refractivity contribution < 1.29 is 0 Å². The molecule has 0 unspecified atom stereocenters. The summed E-state index contributed by atoms with van der Waals surface area (Å²) in [6, 6.07) is 91.6. The number of rotatable bonds is 6. The van der Waals surface area contributed by atoms with Gasteiger partial charge in [-0.25, -0.2) is 19.9 Å². The third-order valence-corrected chi connectivity index (χ3v) is 16.7. The maximum Gasteiger partial charge on any atom is 0.168 e. The molecule has 1 aliphatic rings.